The van der Waals surface area contributed by atoms with Crippen molar-refractivity contribution in [3.8, 4) is 0 Å². The lowest BCUT2D eigenvalue weighted by molar-refractivity contribution is -0.108. The van der Waals surface area contributed by atoms with Crippen LogP contribution in [0.5, 0.6) is 0 Å². The summed E-state index contributed by atoms with van der Waals surface area (Å²) in [5.41, 5.74) is 0.625. The van der Waals surface area contributed by atoms with Crippen LogP contribution in [0.15, 0.2) is 23.8 Å². The second-order valence-corrected chi connectivity index (χ2v) is 2.85. The van der Waals surface area contributed by atoms with Crippen molar-refractivity contribution >= 4 is 16.8 Å². The van der Waals surface area contributed by atoms with Crippen molar-refractivity contribution < 1.29 is 4.79 Å². The van der Waals surface area contributed by atoms with E-state index in [1.54, 1.807) is 6.08 Å². The van der Waals surface area contributed by atoms with E-state index < -0.39 is 0 Å². The Hall–Kier alpha value is -0.560. The third-order valence-corrected chi connectivity index (χ3v) is 1.71. The van der Waals surface area contributed by atoms with Gasteiger partial charge < -0.3 is 0 Å². The van der Waals surface area contributed by atoms with E-state index in [0.717, 1.165) is 6.42 Å². The molecule has 1 rings (SSSR count). The summed E-state index contributed by atoms with van der Waals surface area (Å²) in [5, 5.41) is -0.359. The van der Waals surface area contributed by atoms with Crippen LogP contribution in [0.25, 0.3) is 0 Å². The van der Waals surface area contributed by atoms with Crippen LogP contribution in [-0.4, -0.2) is 5.24 Å². The number of hydrogen-bond donors (Lipinski definition) is 0. The predicted octanol–water partition coefficient (Wildman–Crippen LogP) is 2.27. The van der Waals surface area contributed by atoms with E-state index in [2.05, 4.69) is 6.92 Å². The number of halogens is 1. The molecule has 1 aliphatic rings. The van der Waals surface area contributed by atoms with E-state index >= 15 is 0 Å². The second-order valence-electron chi connectivity index (χ2n) is 2.51. The third-order valence-electron chi connectivity index (χ3n) is 1.50. The minimum absolute atomic E-state index is 0.359. The average Bonchev–Trinajstić information content (AvgIpc) is 1.88. The minimum Gasteiger partial charge on any atom is -0.276 e. The number of hydrogen-bond acceptors (Lipinski definition) is 1. The van der Waals surface area contributed by atoms with E-state index in [0.29, 0.717) is 11.5 Å². The van der Waals surface area contributed by atoms with Crippen LogP contribution in [0.4, 0.5) is 0 Å². The zero-order valence-corrected chi connectivity index (χ0v) is 6.56. The number of carbonyl (C=O) groups is 1. The minimum atomic E-state index is -0.359. The molecule has 0 heterocycles. The van der Waals surface area contributed by atoms with Gasteiger partial charge in [0.25, 0.3) is 5.24 Å². The molecule has 0 aromatic carbocycles. The normalized spacial score (nSPS) is 24.2. The van der Waals surface area contributed by atoms with E-state index in [9.17, 15) is 4.79 Å². The molecule has 0 saturated heterocycles. The lowest BCUT2D eigenvalue weighted by Gasteiger charge is -2.07. The van der Waals surface area contributed by atoms with Crippen LogP contribution in [0.3, 0.4) is 0 Å². The SMILES string of the molecule is CC1C=C(C(=O)Cl)C=CC1. The molecule has 1 unspecified atom stereocenters. The molecule has 0 spiro atoms. The lowest BCUT2D eigenvalue weighted by atomic mass is 9.99. The van der Waals surface area contributed by atoms with Gasteiger partial charge in [-0.15, -0.1) is 0 Å². The summed E-state index contributed by atoms with van der Waals surface area (Å²) in [4.78, 5) is 10.6. The second kappa shape index (κ2) is 3.02. The Kier molecular flexibility index (Phi) is 2.28. The molecule has 0 bridgehead atoms. The summed E-state index contributed by atoms with van der Waals surface area (Å²) in [6.07, 6.45) is 6.65. The Morgan fingerprint density at radius 2 is 2.50 bits per heavy atom. The highest BCUT2D eigenvalue weighted by Gasteiger charge is 2.08. The first-order chi connectivity index (χ1) is 4.70. The van der Waals surface area contributed by atoms with Gasteiger partial charge in [0, 0.05) is 5.57 Å². The highest BCUT2D eigenvalue weighted by molar-refractivity contribution is 6.68. The van der Waals surface area contributed by atoms with Gasteiger partial charge in [-0.2, -0.15) is 0 Å². The topological polar surface area (TPSA) is 17.1 Å². The van der Waals surface area contributed by atoms with Crippen molar-refractivity contribution in [2.45, 2.75) is 13.3 Å². The smallest absolute Gasteiger partial charge is 0.252 e. The van der Waals surface area contributed by atoms with Gasteiger partial charge in [0.1, 0.15) is 0 Å². The van der Waals surface area contributed by atoms with Gasteiger partial charge >= 0.3 is 0 Å². The quantitative estimate of drug-likeness (QED) is 0.533. The molecule has 0 aliphatic heterocycles. The van der Waals surface area contributed by atoms with Crippen LogP contribution in [0.1, 0.15) is 13.3 Å². The molecule has 0 radical (unpaired) electrons. The number of allylic oxidation sites excluding steroid dienone is 4. The predicted molar refractivity (Wildman–Crippen MR) is 41.9 cm³/mol. The monoisotopic (exact) mass is 156 g/mol. The maximum Gasteiger partial charge on any atom is 0.252 e. The molecule has 1 aliphatic carbocycles. The van der Waals surface area contributed by atoms with E-state index in [4.69, 9.17) is 11.6 Å². The van der Waals surface area contributed by atoms with Crippen LogP contribution in [0, 0.1) is 5.92 Å². The summed E-state index contributed by atoms with van der Waals surface area (Å²) in [6.45, 7) is 2.06. The zero-order valence-electron chi connectivity index (χ0n) is 5.80. The molecular formula is C8H9ClO. The first kappa shape index (κ1) is 7.55. The van der Waals surface area contributed by atoms with E-state index in [-0.39, 0.29) is 5.24 Å². The van der Waals surface area contributed by atoms with Gasteiger partial charge in [-0.3, -0.25) is 4.79 Å². The van der Waals surface area contributed by atoms with E-state index in [1.807, 2.05) is 12.2 Å². The zero-order chi connectivity index (χ0) is 7.56. The van der Waals surface area contributed by atoms with Crippen LogP contribution in [-0.2, 0) is 4.79 Å². The molecule has 2 heteroatoms. The maximum atomic E-state index is 10.6. The fraction of sp³-hybridized carbons (Fsp3) is 0.375. The van der Waals surface area contributed by atoms with Crippen LogP contribution >= 0.6 is 11.6 Å². The molecule has 0 aromatic heterocycles. The third kappa shape index (κ3) is 1.71. The van der Waals surface area contributed by atoms with Gasteiger partial charge in [0.05, 0.1) is 0 Å². The fourth-order valence-corrected chi connectivity index (χ4v) is 1.10. The van der Waals surface area contributed by atoms with E-state index in [1.165, 1.54) is 0 Å². The van der Waals surface area contributed by atoms with Gasteiger partial charge in [0.15, 0.2) is 0 Å². The number of rotatable bonds is 1. The summed E-state index contributed by atoms with van der Waals surface area (Å²) in [7, 11) is 0. The van der Waals surface area contributed by atoms with Gasteiger partial charge in [-0.1, -0.05) is 25.2 Å². The largest absolute Gasteiger partial charge is 0.276 e. The van der Waals surface area contributed by atoms with Crippen molar-refractivity contribution in [2.75, 3.05) is 0 Å². The molecule has 54 valence electrons. The van der Waals surface area contributed by atoms with Gasteiger partial charge in [-0.05, 0) is 23.9 Å². The van der Waals surface area contributed by atoms with Crippen molar-refractivity contribution in [3.05, 3.63) is 23.8 Å². The van der Waals surface area contributed by atoms with Crippen LogP contribution < -0.4 is 0 Å². The van der Waals surface area contributed by atoms with Crippen molar-refractivity contribution in [2.24, 2.45) is 5.92 Å². The Morgan fingerprint density at radius 3 is 2.90 bits per heavy atom. The summed E-state index contributed by atoms with van der Waals surface area (Å²) in [5.74, 6) is 0.447. The molecule has 0 N–H and O–H groups in total. The fourth-order valence-electron chi connectivity index (χ4n) is 0.971. The standard InChI is InChI=1S/C8H9ClO/c1-6-3-2-4-7(5-6)8(9)10/h2,4-6H,3H2,1H3. The Morgan fingerprint density at radius 1 is 1.80 bits per heavy atom. The highest BCUT2D eigenvalue weighted by atomic mass is 35.5. The summed E-state index contributed by atoms with van der Waals surface area (Å²) < 4.78 is 0. The molecule has 0 aromatic rings. The average molecular weight is 157 g/mol. The first-order valence-electron chi connectivity index (χ1n) is 3.28. The molecule has 0 fully saturated rings. The molecule has 0 amide bonds. The molecule has 0 saturated carbocycles. The Labute approximate surface area is 65.4 Å². The molecule has 1 atom stereocenters. The van der Waals surface area contributed by atoms with Crippen LogP contribution in [0.2, 0.25) is 0 Å². The Bertz CT molecular complexity index is 203. The molecular weight excluding hydrogens is 148 g/mol. The van der Waals surface area contributed by atoms with Crippen molar-refractivity contribution in [1.29, 1.82) is 0 Å². The van der Waals surface area contributed by atoms with Gasteiger partial charge in [-0.25, -0.2) is 0 Å². The van der Waals surface area contributed by atoms with Crippen molar-refractivity contribution in [1.82, 2.24) is 0 Å². The molecule has 1 nitrogen and oxygen atoms in total. The first-order valence-corrected chi connectivity index (χ1v) is 3.66. The summed E-state index contributed by atoms with van der Waals surface area (Å²) in [6, 6.07) is 0. The number of carbonyl (C=O) groups excluding carboxylic acids is 1. The summed E-state index contributed by atoms with van der Waals surface area (Å²) >= 11 is 5.26. The maximum absolute atomic E-state index is 10.6. The molecule has 10 heavy (non-hydrogen) atoms. The highest BCUT2D eigenvalue weighted by Crippen LogP contribution is 2.17. The van der Waals surface area contributed by atoms with Gasteiger partial charge in [0.2, 0.25) is 0 Å². The Balaban J connectivity index is 2.76. The van der Waals surface area contributed by atoms with Crippen molar-refractivity contribution in [3.63, 3.8) is 0 Å². The lowest BCUT2D eigenvalue weighted by Crippen LogP contribution is -1.99.